The van der Waals surface area contributed by atoms with Gasteiger partial charge in [0, 0.05) is 84.3 Å². The molecule has 3 aromatic rings. The van der Waals surface area contributed by atoms with Crippen LogP contribution in [-0.2, 0) is 33.6 Å². The quantitative estimate of drug-likeness (QED) is 0.0797. The molecule has 1 saturated carbocycles. The molecular formula is C43H52N4O8S2. The highest BCUT2D eigenvalue weighted by Crippen LogP contribution is 2.59. The molecule has 0 bridgehead atoms. The van der Waals surface area contributed by atoms with Gasteiger partial charge in [0.15, 0.2) is 11.2 Å². The third-order valence-electron chi connectivity index (χ3n) is 13.3. The van der Waals surface area contributed by atoms with Gasteiger partial charge in [-0.05, 0) is 94.3 Å². The number of aromatic nitrogens is 1. The molecule has 2 fully saturated rings. The summed E-state index contributed by atoms with van der Waals surface area (Å²) in [6.07, 6.45) is 9.21. The van der Waals surface area contributed by atoms with E-state index in [2.05, 4.69) is 21.3 Å². The Hall–Kier alpha value is -3.82. The second-order valence-corrected chi connectivity index (χ2v) is 19.2. The topological polar surface area (TPSA) is 177 Å². The van der Waals surface area contributed by atoms with Crippen LogP contribution in [0.2, 0.25) is 0 Å². The molecule has 2 aliphatic carbocycles. The zero-order chi connectivity index (χ0) is 40.2. The van der Waals surface area contributed by atoms with E-state index in [0.717, 1.165) is 41.6 Å². The molecule has 5 N–H and O–H groups in total. The lowest BCUT2D eigenvalue weighted by atomic mass is 9.61. The van der Waals surface area contributed by atoms with Gasteiger partial charge in [0.2, 0.25) is 5.91 Å². The van der Waals surface area contributed by atoms with Gasteiger partial charge >= 0.3 is 11.6 Å². The Morgan fingerprint density at radius 3 is 2.79 bits per heavy atom. The molecule has 0 radical (unpaired) electrons. The number of nitrogens with one attached hydrogen (secondary N) is 1. The van der Waals surface area contributed by atoms with Gasteiger partial charge in [0.05, 0.1) is 18.4 Å². The number of fused-ring (bicyclic) bond motifs is 6. The number of nitrogens with two attached hydrogens (primary N) is 1. The van der Waals surface area contributed by atoms with E-state index in [1.54, 1.807) is 49.0 Å². The fourth-order valence-electron chi connectivity index (χ4n) is 9.92. The maximum Gasteiger partial charge on any atom is 0.339 e. The molecule has 14 heteroatoms. The van der Waals surface area contributed by atoms with Gasteiger partial charge in [-0.15, -0.1) is 0 Å². The van der Waals surface area contributed by atoms with Gasteiger partial charge in [0.1, 0.15) is 17.2 Å². The summed E-state index contributed by atoms with van der Waals surface area (Å²) in [5, 5.41) is 23.9. The van der Waals surface area contributed by atoms with Crippen molar-refractivity contribution in [2.45, 2.75) is 100 Å². The first-order valence-corrected chi connectivity index (χ1v) is 22.4. The van der Waals surface area contributed by atoms with Crippen LogP contribution in [0.3, 0.4) is 0 Å². The van der Waals surface area contributed by atoms with E-state index in [9.17, 15) is 24.6 Å². The van der Waals surface area contributed by atoms with Gasteiger partial charge in [-0.1, -0.05) is 39.3 Å². The van der Waals surface area contributed by atoms with E-state index in [4.69, 9.17) is 19.6 Å². The van der Waals surface area contributed by atoms with E-state index in [1.807, 2.05) is 36.9 Å². The lowest BCUT2D eigenvalue weighted by Gasteiger charge is -2.57. The summed E-state index contributed by atoms with van der Waals surface area (Å²) < 4.78 is 19.7. The number of ether oxygens (including phenoxy) is 2. The first-order valence-electron chi connectivity index (χ1n) is 20.0. The van der Waals surface area contributed by atoms with Crippen molar-refractivity contribution in [3.05, 3.63) is 86.4 Å². The van der Waals surface area contributed by atoms with Crippen molar-refractivity contribution in [2.75, 3.05) is 38.3 Å². The summed E-state index contributed by atoms with van der Waals surface area (Å²) in [6, 6.07) is 7.91. The minimum absolute atomic E-state index is 0.0559. The van der Waals surface area contributed by atoms with Gasteiger partial charge in [-0.2, -0.15) is 0 Å². The SMILES string of the molecule is C/C=C(\C)C(=O)O[C@]1(C)CC=C2CSS[C@@H]3CC[C@H](NC)[C@H]4CN(C(=O)Cc5cnc(N)cc5[C@H]2[C@]12Cc1cc5cc(C[C@H](CO)CCO)c(=O)oc5cc1O2)[C@@H]43. The number of rotatable bonds is 8. The number of hydrogen-bond donors (Lipinski definition) is 4. The number of allylic oxidation sites excluding steroid dienone is 1. The molecule has 8 atom stereocenters. The van der Waals surface area contributed by atoms with Crippen LogP contribution in [-0.4, -0.2) is 93.1 Å². The maximum absolute atomic E-state index is 14.4. The van der Waals surface area contributed by atoms with Crippen LogP contribution in [0.25, 0.3) is 11.0 Å². The minimum Gasteiger partial charge on any atom is -0.481 e. The number of esters is 1. The number of aliphatic hydroxyl groups is 2. The number of nitrogens with zero attached hydrogens (tertiary/aromatic N) is 2. The Morgan fingerprint density at radius 1 is 1.21 bits per heavy atom. The third-order valence-corrected chi connectivity index (χ3v) is 16.1. The molecule has 5 aliphatic rings. The summed E-state index contributed by atoms with van der Waals surface area (Å²) in [6.45, 7) is 5.92. The molecule has 2 aromatic heterocycles. The predicted molar refractivity (Wildman–Crippen MR) is 222 cm³/mol. The molecule has 5 heterocycles. The third kappa shape index (κ3) is 6.98. The summed E-state index contributed by atoms with van der Waals surface area (Å²) >= 11 is 0. The van der Waals surface area contributed by atoms with Crippen molar-refractivity contribution in [1.29, 1.82) is 0 Å². The lowest BCUT2D eigenvalue weighted by molar-refractivity contribution is -0.183. The van der Waals surface area contributed by atoms with Gasteiger partial charge in [-0.25, -0.2) is 14.6 Å². The molecular weight excluding hydrogens is 765 g/mol. The van der Waals surface area contributed by atoms with Crippen LogP contribution in [0.1, 0.15) is 74.6 Å². The second-order valence-electron chi connectivity index (χ2n) is 16.6. The first kappa shape index (κ1) is 40.0. The summed E-state index contributed by atoms with van der Waals surface area (Å²) in [5.41, 5.74) is 8.33. The minimum atomic E-state index is -1.21. The van der Waals surface area contributed by atoms with Crippen molar-refractivity contribution in [2.24, 2.45) is 11.8 Å². The number of anilines is 1. The average Bonchev–Trinajstić information content (AvgIpc) is 3.55. The Labute approximate surface area is 340 Å². The van der Waals surface area contributed by atoms with Crippen molar-refractivity contribution in [3.8, 4) is 5.75 Å². The van der Waals surface area contributed by atoms with Crippen molar-refractivity contribution < 1.29 is 33.7 Å². The number of aliphatic hydroxyl groups excluding tert-OH is 2. The number of pyridine rings is 1. The van der Waals surface area contributed by atoms with Crippen LogP contribution in [0.5, 0.6) is 5.75 Å². The predicted octanol–water partition coefficient (Wildman–Crippen LogP) is 4.87. The summed E-state index contributed by atoms with van der Waals surface area (Å²) in [4.78, 5) is 47.9. The fourth-order valence-corrected chi connectivity index (χ4v) is 13.0. The Balaban J connectivity index is 1.26. The average molecular weight is 817 g/mol. The number of nitrogen functional groups attached to an aromatic ring is 1. The number of hydrogen-bond acceptors (Lipinski definition) is 13. The van der Waals surface area contributed by atoms with Crippen LogP contribution in [0.4, 0.5) is 5.82 Å². The van der Waals surface area contributed by atoms with Crippen LogP contribution in [0, 0.1) is 11.8 Å². The maximum atomic E-state index is 14.4. The highest BCUT2D eigenvalue weighted by Gasteiger charge is 2.64. The van der Waals surface area contributed by atoms with Gasteiger partial charge in [0.25, 0.3) is 0 Å². The molecule has 57 heavy (non-hydrogen) atoms. The molecule has 1 saturated heterocycles. The van der Waals surface area contributed by atoms with Gasteiger partial charge < -0.3 is 40.1 Å². The van der Waals surface area contributed by atoms with E-state index < -0.39 is 28.7 Å². The number of amides is 1. The Kier molecular flexibility index (Phi) is 11.0. The summed E-state index contributed by atoms with van der Waals surface area (Å²) in [7, 11) is 5.69. The largest absolute Gasteiger partial charge is 0.481 e. The zero-order valence-electron chi connectivity index (χ0n) is 32.9. The molecule has 1 aromatic carbocycles. The van der Waals surface area contributed by atoms with Crippen molar-refractivity contribution in [1.82, 2.24) is 15.2 Å². The lowest BCUT2D eigenvalue weighted by Crippen LogP contribution is -2.69. The highest BCUT2D eigenvalue weighted by molar-refractivity contribution is 8.77. The molecule has 12 nitrogen and oxygen atoms in total. The summed E-state index contributed by atoms with van der Waals surface area (Å²) in [5.74, 6) is 0.730. The van der Waals surface area contributed by atoms with Crippen molar-refractivity contribution in [3.63, 3.8) is 0 Å². The molecule has 1 spiro atoms. The fraction of sp³-hybridized carbons (Fsp3) is 0.535. The van der Waals surface area contributed by atoms with E-state index in [0.29, 0.717) is 75.9 Å². The molecule has 304 valence electrons. The monoisotopic (exact) mass is 816 g/mol. The number of carbonyl (C=O) groups is 2. The van der Waals surface area contributed by atoms with Crippen LogP contribution >= 0.6 is 21.6 Å². The molecule has 1 amide bonds. The van der Waals surface area contributed by atoms with E-state index >= 15 is 0 Å². The standard InChI is InChI=1S/C43H52N4O8S2/c1-5-23(2)40(51)55-42(3)10-8-25-22-56-57-35-7-6-32(45-4)31-20-47(39(31)35)37(50)15-29-19-46-36(44)16-30(29)38(25)43(42)18-28-14-26-13-27(12-24(21-49)9-11-48)41(52)53-33(26)17-34(28)54-43/h5,8,13-14,16-17,19,24,31-32,35,38-39,45,48-49H,6-7,9-12,15,18,20-22H2,1-4H3,(H2,44,46)/b23-5+/t24-,31-,32+,35-,38+,39+,42-,43-/m1/s1. The first-order chi connectivity index (χ1) is 27.4. The number of benzene rings is 1. The van der Waals surface area contributed by atoms with Gasteiger partial charge in [-0.3, -0.25) is 4.79 Å². The molecule has 8 rings (SSSR count). The van der Waals surface area contributed by atoms with Crippen LogP contribution < -0.4 is 21.4 Å². The van der Waals surface area contributed by atoms with Crippen LogP contribution in [0.15, 0.2) is 63.0 Å². The zero-order valence-corrected chi connectivity index (χ0v) is 34.5. The van der Waals surface area contributed by atoms with E-state index in [-0.39, 0.29) is 43.9 Å². The van der Waals surface area contributed by atoms with Crippen molar-refractivity contribution >= 4 is 50.3 Å². The Bertz CT molecular complexity index is 2210. The smallest absolute Gasteiger partial charge is 0.339 e. The second kappa shape index (κ2) is 15.7. The number of carbonyl (C=O) groups excluding carboxylic acids is 2. The molecule has 0 unspecified atom stereocenters. The Morgan fingerprint density at radius 2 is 2.04 bits per heavy atom. The highest BCUT2D eigenvalue weighted by atomic mass is 33.1. The van der Waals surface area contributed by atoms with E-state index in [1.165, 1.54) is 0 Å². The molecule has 3 aliphatic heterocycles. The normalized spacial score (nSPS) is 30.1.